The van der Waals surface area contributed by atoms with Crippen LogP contribution >= 0.6 is 0 Å². The van der Waals surface area contributed by atoms with Crippen LogP contribution in [0.4, 0.5) is 0 Å². The highest BCUT2D eigenvalue weighted by molar-refractivity contribution is 5.15. The van der Waals surface area contributed by atoms with Crippen LogP contribution in [0.3, 0.4) is 0 Å². The zero-order valence-electron chi connectivity index (χ0n) is 12.6. The molecule has 1 aromatic rings. The first-order valence-electron chi connectivity index (χ1n) is 7.57. The topological polar surface area (TPSA) is 17.0 Å². The molecule has 0 spiro atoms. The molecule has 1 rings (SSSR count). The number of hydrogen-bond donors (Lipinski definition) is 1. The highest BCUT2D eigenvalue weighted by Crippen LogP contribution is 2.19. The van der Waals surface area contributed by atoms with Crippen LogP contribution in [-0.4, -0.2) is 11.6 Å². The largest absolute Gasteiger partial charge is 0.354 e. The summed E-state index contributed by atoms with van der Waals surface area (Å²) in [5, 5.41) is 3.37. The van der Waals surface area contributed by atoms with Crippen LogP contribution in [0.5, 0.6) is 0 Å². The third kappa shape index (κ3) is 4.49. The normalized spacial score (nSPS) is 14.7. The lowest BCUT2D eigenvalue weighted by molar-refractivity contribution is 0.391. The van der Waals surface area contributed by atoms with Crippen LogP contribution < -0.4 is 5.32 Å². The SMILES string of the molecule is CCCCC(CC)Cn1ccc(C(CC)NC)c1. The molecule has 0 aliphatic carbocycles. The molecule has 1 aromatic heterocycles. The Morgan fingerprint density at radius 1 is 1.22 bits per heavy atom. The predicted octanol–water partition coefficient (Wildman–Crippen LogP) is 4.38. The van der Waals surface area contributed by atoms with E-state index in [-0.39, 0.29) is 0 Å². The molecule has 0 saturated heterocycles. The summed E-state index contributed by atoms with van der Waals surface area (Å²) in [5.41, 5.74) is 1.42. The van der Waals surface area contributed by atoms with E-state index in [1.165, 1.54) is 37.8 Å². The molecule has 0 bridgehead atoms. The Morgan fingerprint density at radius 2 is 2.00 bits per heavy atom. The molecule has 0 amide bonds. The first-order chi connectivity index (χ1) is 8.74. The first kappa shape index (κ1) is 15.3. The molecule has 0 aliphatic heterocycles. The van der Waals surface area contributed by atoms with Gasteiger partial charge in [-0.15, -0.1) is 0 Å². The van der Waals surface area contributed by atoms with E-state index in [2.05, 4.69) is 49.1 Å². The summed E-state index contributed by atoms with van der Waals surface area (Å²) in [5.74, 6) is 0.833. The lowest BCUT2D eigenvalue weighted by Gasteiger charge is -2.16. The quantitative estimate of drug-likeness (QED) is 0.688. The molecule has 0 fully saturated rings. The fourth-order valence-electron chi connectivity index (χ4n) is 2.60. The van der Waals surface area contributed by atoms with Crippen molar-refractivity contribution in [1.29, 1.82) is 0 Å². The Balaban J connectivity index is 2.56. The molecule has 18 heavy (non-hydrogen) atoms. The van der Waals surface area contributed by atoms with Gasteiger partial charge in [0.15, 0.2) is 0 Å². The number of hydrogen-bond acceptors (Lipinski definition) is 1. The summed E-state index contributed by atoms with van der Waals surface area (Å²) in [6.45, 7) is 8.00. The van der Waals surface area contributed by atoms with Gasteiger partial charge in [-0.05, 0) is 37.4 Å². The van der Waals surface area contributed by atoms with Gasteiger partial charge in [0, 0.05) is 25.0 Å². The van der Waals surface area contributed by atoms with Crippen molar-refractivity contribution in [1.82, 2.24) is 9.88 Å². The van der Waals surface area contributed by atoms with E-state index < -0.39 is 0 Å². The van der Waals surface area contributed by atoms with Gasteiger partial charge in [-0.1, -0.05) is 40.0 Å². The zero-order valence-corrected chi connectivity index (χ0v) is 12.6. The van der Waals surface area contributed by atoms with Gasteiger partial charge in [-0.25, -0.2) is 0 Å². The van der Waals surface area contributed by atoms with Gasteiger partial charge in [0.25, 0.3) is 0 Å². The van der Waals surface area contributed by atoms with Gasteiger partial charge in [0.05, 0.1) is 0 Å². The second-order valence-corrected chi connectivity index (χ2v) is 5.31. The van der Waals surface area contributed by atoms with Crippen LogP contribution in [-0.2, 0) is 6.54 Å². The van der Waals surface area contributed by atoms with Crippen molar-refractivity contribution in [3.05, 3.63) is 24.0 Å². The van der Waals surface area contributed by atoms with Crippen molar-refractivity contribution in [2.45, 2.75) is 65.5 Å². The molecule has 2 heteroatoms. The molecule has 0 aliphatic rings. The minimum absolute atomic E-state index is 0.502. The molecule has 2 nitrogen and oxygen atoms in total. The van der Waals surface area contributed by atoms with Crippen molar-refractivity contribution >= 4 is 0 Å². The monoisotopic (exact) mass is 250 g/mol. The molecule has 1 N–H and O–H groups in total. The van der Waals surface area contributed by atoms with E-state index >= 15 is 0 Å². The van der Waals surface area contributed by atoms with Crippen LogP contribution in [0.2, 0.25) is 0 Å². The van der Waals surface area contributed by atoms with Gasteiger partial charge in [-0.3, -0.25) is 0 Å². The number of unbranched alkanes of at least 4 members (excludes halogenated alkanes) is 1. The summed E-state index contributed by atoms with van der Waals surface area (Å²) in [4.78, 5) is 0. The van der Waals surface area contributed by atoms with Crippen molar-refractivity contribution in [2.24, 2.45) is 5.92 Å². The third-order valence-corrected chi connectivity index (χ3v) is 3.94. The summed E-state index contributed by atoms with van der Waals surface area (Å²) >= 11 is 0. The van der Waals surface area contributed by atoms with Gasteiger partial charge in [0.2, 0.25) is 0 Å². The molecule has 0 aromatic carbocycles. The van der Waals surface area contributed by atoms with Crippen molar-refractivity contribution in [2.75, 3.05) is 7.05 Å². The highest BCUT2D eigenvalue weighted by atomic mass is 15.0. The molecular formula is C16H30N2. The minimum Gasteiger partial charge on any atom is -0.354 e. The van der Waals surface area contributed by atoms with E-state index in [1.807, 2.05) is 7.05 Å². The Bertz CT molecular complexity index is 313. The first-order valence-corrected chi connectivity index (χ1v) is 7.57. The molecular weight excluding hydrogens is 220 g/mol. The summed E-state index contributed by atoms with van der Waals surface area (Å²) in [6.07, 6.45) is 11.0. The maximum absolute atomic E-state index is 3.37. The van der Waals surface area contributed by atoms with Gasteiger partial charge in [-0.2, -0.15) is 0 Å². The van der Waals surface area contributed by atoms with Gasteiger partial charge < -0.3 is 9.88 Å². The average Bonchev–Trinajstić information content (AvgIpc) is 2.84. The fourth-order valence-corrected chi connectivity index (χ4v) is 2.60. The summed E-state index contributed by atoms with van der Waals surface area (Å²) in [6, 6.07) is 2.76. The average molecular weight is 250 g/mol. The Kier molecular flexibility index (Phi) is 7.11. The van der Waals surface area contributed by atoms with Crippen molar-refractivity contribution in [3.8, 4) is 0 Å². The van der Waals surface area contributed by atoms with E-state index in [1.54, 1.807) is 0 Å². The molecule has 0 saturated carbocycles. The number of rotatable bonds is 9. The lowest BCUT2D eigenvalue weighted by atomic mass is 9.99. The maximum Gasteiger partial charge on any atom is 0.0329 e. The highest BCUT2D eigenvalue weighted by Gasteiger charge is 2.10. The van der Waals surface area contributed by atoms with Gasteiger partial charge >= 0.3 is 0 Å². The number of aromatic nitrogens is 1. The Labute approximate surface area is 113 Å². The molecule has 2 unspecified atom stereocenters. The lowest BCUT2D eigenvalue weighted by Crippen LogP contribution is -2.14. The van der Waals surface area contributed by atoms with E-state index in [4.69, 9.17) is 0 Å². The smallest absolute Gasteiger partial charge is 0.0329 e. The maximum atomic E-state index is 3.37. The fraction of sp³-hybridized carbons (Fsp3) is 0.750. The van der Waals surface area contributed by atoms with Crippen LogP contribution in [0.25, 0.3) is 0 Å². The number of nitrogens with one attached hydrogen (secondary N) is 1. The second-order valence-electron chi connectivity index (χ2n) is 5.31. The van der Waals surface area contributed by atoms with E-state index in [9.17, 15) is 0 Å². The van der Waals surface area contributed by atoms with Gasteiger partial charge in [0.1, 0.15) is 0 Å². The van der Waals surface area contributed by atoms with Crippen LogP contribution in [0, 0.1) is 5.92 Å². The minimum atomic E-state index is 0.502. The zero-order chi connectivity index (χ0) is 13.4. The van der Waals surface area contributed by atoms with Crippen molar-refractivity contribution in [3.63, 3.8) is 0 Å². The Morgan fingerprint density at radius 3 is 2.56 bits per heavy atom. The third-order valence-electron chi connectivity index (χ3n) is 3.94. The number of nitrogens with zero attached hydrogens (tertiary/aromatic N) is 1. The summed E-state index contributed by atoms with van der Waals surface area (Å²) in [7, 11) is 2.04. The molecule has 2 atom stereocenters. The standard InChI is InChI=1S/C16H30N2/c1-5-8-9-14(6-2)12-18-11-10-15(13-18)16(7-3)17-4/h10-11,13-14,16-17H,5-9,12H2,1-4H3. The predicted molar refractivity (Wildman–Crippen MR) is 79.8 cm³/mol. The van der Waals surface area contributed by atoms with Crippen molar-refractivity contribution < 1.29 is 0 Å². The van der Waals surface area contributed by atoms with Crippen LogP contribution in [0.1, 0.15) is 64.5 Å². The second kappa shape index (κ2) is 8.36. The van der Waals surface area contributed by atoms with Crippen LogP contribution in [0.15, 0.2) is 18.5 Å². The molecule has 0 radical (unpaired) electrons. The Hall–Kier alpha value is -0.760. The van der Waals surface area contributed by atoms with E-state index in [0.29, 0.717) is 6.04 Å². The molecule has 104 valence electrons. The summed E-state index contributed by atoms with van der Waals surface area (Å²) < 4.78 is 2.37. The molecule has 1 heterocycles. The van der Waals surface area contributed by atoms with E-state index in [0.717, 1.165) is 12.3 Å².